The topological polar surface area (TPSA) is 17.1 Å². The summed E-state index contributed by atoms with van der Waals surface area (Å²) in [5, 5.41) is 1.33. The van der Waals surface area contributed by atoms with Gasteiger partial charge >= 0.3 is 0 Å². The third kappa shape index (κ3) is 5.97. The maximum atomic E-state index is 14.9. The lowest BCUT2D eigenvalue weighted by molar-refractivity contribution is -0.123. The normalized spacial score (nSPS) is 14.6. The number of alkyl halides is 2. The molecule has 0 heterocycles. The van der Waals surface area contributed by atoms with Gasteiger partial charge in [0.2, 0.25) is 0 Å². The number of ketones is 1. The van der Waals surface area contributed by atoms with E-state index in [1.165, 1.54) is 0 Å². The Morgan fingerprint density at radius 1 is 0.583 bits per heavy atom. The van der Waals surface area contributed by atoms with Gasteiger partial charge in [0.25, 0.3) is 0 Å². The minimum absolute atomic E-state index is 0.0209. The van der Waals surface area contributed by atoms with Crippen molar-refractivity contribution in [3.63, 3.8) is 0 Å². The molecule has 184 valence electrons. The summed E-state index contributed by atoms with van der Waals surface area (Å²) in [6.45, 7) is 4.09. The second-order valence-corrected chi connectivity index (χ2v) is 12.9. The van der Waals surface area contributed by atoms with Crippen molar-refractivity contribution < 1.29 is 4.79 Å². The first-order chi connectivity index (χ1) is 17.1. The third-order valence-corrected chi connectivity index (χ3v) is 9.16. The van der Waals surface area contributed by atoms with Crippen LogP contribution in [0.25, 0.3) is 0 Å². The van der Waals surface area contributed by atoms with Crippen molar-refractivity contribution in [1.29, 1.82) is 0 Å². The predicted molar refractivity (Wildman–Crippen MR) is 159 cm³/mol. The van der Waals surface area contributed by atoms with Crippen LogP contribution in [-0.2, 0) is 26.3 Å². The van der Waals surface area contributed by atoms with E-state index in [0.717, 1.165) is 33.4 Å². The Hall–Kier alpha value is -1.91. The molecule has 0 amide bonds. The zero-order chi connectivity index (χ0) is 25.9. The summed E-state index contributed by atoms with van der Waals surface area (Å²) in [6, 6.07) is 31.6. The molecule has 0 aliphatic rings. The predicted octanol–water partition coefficient (Wildman–Crippen LogP) is 9.55. The Balaban J connectivity index is 1.86. The first-order valence-corrected chi connectivity index (χ1v) is 14.0. The van der Waals surface area contributed by atoms with Crippen LogP contribution in [-0.4, -0.2) is 5.78 Å². The molecule has 0 saturated carbocycles. The van der Waals surface area contributed by atoms with E-state index in [9.17, 15) is 4.79 Å². The molecule has 0 spiro atoms. The van der Waals surface area contributed by atoms with E-state index in [4.69, 9.17) is 23.2 Å². The summed E-state index contributed by atoms with van der Waals surface area (Å²) >= 11 is 20.3. The summed E-state index contributed by atoms with van der Waals surface area (Å²) < 4.78 is -1.98. The summed E-state index contributed by atoms with van der Waals surface area (Å²) in [5.74, 6) is 0.0209. The molecule has 1 nitrogen and oxygen atoms in total. The molecule has 36 heavy (non-hydrogen) atoms. The van der Waals surface area contributed by atoms with Gasteiger partial charge in [0.1, 0.15) is 8.65 Å². The molecule has 2 unspecified atom stereocenters. The van der Waals surface area contributed by atoms with Crippen molar-refractivity contribution in [3.05, 3.63) is 140 Å². The van der Waals surface area contributed by atoms with E-state index in [1.807, 2.05) is 111 Å². The van der Waals surface area contributed by atoms with E-state index in [1.54, 1.807) is 0 Å². The molecule has 2 atom stereocenters. The van der Waals surface area contributed by atoms with Crippen LogP contribution in [0, 0.1) is 13.8 Å². The minimum Gasteiger partial charge on any atom is -0.296 e. The van der Waals surface area contributed by atoms with Crippen molar-refractivity contribution in [2.45, 2.75) is 35.3 Å². The molecule has 4 aromatic rings. The highest BCUT2D eigenvalue weighted by Crippen LogP contribution is 2.47. The van der Waals surface area contributed by atoms with Gasteiger partial charge in [-0.3, -0.25) is 4.79 Å². The smallest absolute Gasteiger partial charge is 0.175 e. The number of Topliss-reactive ketones (excluding diaryl/α,β-unsaturated/α-hetero) is 1. The summed E-state index contributed by atoms with van der Waals surface area (Å²) in [6.07, 6.45) is 0.928. The molecule has 4 aromatic carbocycles. The average Bonchev–Trinajstić information content (AvgIpc) is 2.87. The first kappa shape index (κ1) is 27.1. The molecule has 4 rings (SSSR count). The molecule has 0 N–H and O–H groups in total. The fraction of sp³-hybridized carbons (Fsp3) is 0.194. The van der Waals surface area contributed by atoms with E-state index >= 15 is 0 Å². The van der Waals surface area contributed by atoms with Gasteiger partial charge in [-0.05, 0) is 73.2 Å². The van der Waals surface area contributed by atoms with Crippen LogP contribution in [0.1, 0.15) is 33.4 Å². The number of hydrogen-bond acceptors (Lipinski definition) is 1. The minimum atomic E-state index is -0.991. The standard InChI is InChI=1S/C31H26Br2Cl2O/c1-21-3-11-25(12-4-21)30(32,19-23-7-15-27(34)16-8-23)29(36)31(33,26-13-5-22(2)6-14-26)20-24-9-17-28(35)18-10-24/h3-18H,19-20H2,1-2H3. The fourth-order valence-electron chi connectivity index (χ4n) is 4.34. The third-order valence-electron chi connectivity index (χ3n) is 6.46. The number of carbonyl (C=O) groups excluding carboxylic acids is 1. The van der Waals surface area contributed by atoms with Crippen LogP contribution >= 0.6 is 55.1 Å². The van der Waals surface area contributed by atoms with Crippen LogP contribution < -0.4 is 0 Å². The van der Waals surface area contributed by atoms with Gasteiger partial charge in [-0.25, -0.2) is 0 Å². The fourth-order valence-corrected chi connectivity index (χ4v) is 6.71. The molecular weight excluding hydrogens is 619 g/mol. The highest BCUT2D eigenvalue weighted by atomic mass is 79.9. The average molecular weight is 645 g/mol. The summed E-state index contributed by atoms with van der Waals surface area (Å²) in [7, 11) is 0. The van der Waals surface area contributed by atoms with Crippen LogP contribution in [0.2, 0.25) is 10.0 Å². The summed E-state index contributed by atoms with van der Waals surface area (Å²) in [4.78, 5) is 14.9. The molecule has 0 fully saturated rings. The van der Waals surface area contributed by atoms with Crippen LogP contribution in [0.15, 0.2) is 97.1 Å². The number of hydrogen-bond donors (Lipinski definition) is 0. The SMILES string of the molecule is Cc1ccc(C(Br)(Cc2ccc(Cl)cc2)C(=O)C(Br)(Cc2ccc(Cl)cc2)c2ccc(C)cc2)cc1. The lowest BCUT2D eigenvalue weighted by Crippen LogP contribution is -2.45. The quantitative estimate of drug-likeness (QED) is 0.175. The highest BCUT2D eigenvalue weighted by molar-refractivity contribution is 9.10. The molecular formula is C31H26Br2Cl2O. The molecule has 0 saturated heterocycles. The van der Waals surface area contributed by atoms with Crippen molar-refractivity contribution in [1.82, 2.24) is 0 Å². The van der Waals surface area contributed by atoms with Crippen molar-refractivity contribution >= 4 is 60.8 Å². The zero-order valence-electron chi connectivity index (χ0n) is 20.1. The van der Waals surface area contributed by atoms with Gasteiger partial charge in [-0.1, -0.05) is 139 Å². The lowest BCUT2D eigenvalue weighted by Gasteiger charge is -2.37. The monoisotopic (exact) mass is 642 g/mol. The molecule has 5 heteroatoms. The Bertz CT molecular complexity index is 1230. The lowest BCUT2D eigenvalue weighted by atomic mass is 9.77. The first-order valence-electron chi connectivity index (χ1n) is 11.7. The van der Waals surface area contributed by atoms with Crippen LogP contribution in [0.5, 0.6) is 0 Å². The summed E-state index contributed by atoms with van der Waals surface area (Å²) in [5.41, 5.74) is 6.10. The van der Waals surface area contributed by atoms with Crippen LogP contribution in [0.4, 0.5) is 0 Å². The van der Waals surface area contributed by atoms with Gasteiger partial charge in [0, 0.05) is 10.0 Å². The zero-order valence-corrected chi connectivity index (χ0v) is 24.8. The molecule has 0 radical (unpaired) electrons. The van der Waals surface area contributed by atoms with E-state index in [-0.39, 0.29) is 5.78 Å². The number of aryl methyl sites for hydroxylation is 2. The molecule has 0 bridgehead atoms. The largest absolute Gasteiger partial charge is 0.296 e. The second kappa shape index (κ2) is 11.2. The van der Waals surface area contributed by atoms with Gasteiger partial charge in [0.15, 0.2) is 5.78 Å². The van der Waals surface area contributed by atoms with E-state index in [0.29, 0.717) is 22.9 Å². The molecule has 0 aliphatic heterocycles. The van der Waals surface area contributed by atoms with Gasteiger partial charge < -0.3 is 0 Å². The van der Waals surface area contributed by atoms with E-state index in [2.05, 4.69) is 31.9 Å². The van der Waals surface area contributed by atoms with Crippen LogP contribution in [0.3, 0.4) is 0 Å². The van der Waals surface area contributed by atoms with Gasteiger partial charge in [-0.15, -0.1) is 0 Å². The number of carbonyl (C=O) groups is 1. The second-order valence-electron chi connectivity index (χ2n) is 9.27. The number of rotatable bonds is 8. The highest BCUT2D eigenvalue weighted by Gasteiger charge is 2.50. The van der Waals surface area contributed by atoms with Gasteiger partial charge in [-0.2, -0.15) is 0 Å². The maximum Gasteiger partial charge on any atom is 0.175 e. The Labute approximate surface area is 240 Å². The van der Waals surface area contributed by atoms with E-state index < -0.39 is 8.65 Å². The Morgan fingerprint density at radius 3 is 1.19 bits per heavy atom. The maximum absolute atomic E-state index is 14.9. The Morgan fingerprint density at radius 2 is 0.889 bits per heavy atom. The Kier molecular flexibility index (Phi) is 8.46. The van der Waals surface area contributed by atoms with Crippen molar-refractivity contribution in [3.8, 4) is 0 Å². The molecule has 0 aromatic heterocycles. The number of benzene rings is 4. The van der Waals surface area contributed by atoms with Crippen molar-refractivity contribution in [2.75, 3.05) is 0 Å². The molecule has 0 aliphatic carbocycles. The van der Waals surface area contributed by atoms with Gasteiger partial charge in [0.05, 0.1) is 0 Å². The van der Waals surface area contributed by atoms with Crippen molar-refractivity contribution in [2.24, 2.45) is 0 Å². The number of halogens is 4.